The fourth-order valence-corrected chi connectivity index (χ4v) is 2.77. The third-order valence-corrected chi connectivity index (χ3v) is 4.04. The third kappa shape index (κ3) is 12.8. The standard InChI is InChI=1S/C16H34OS/c1-3-5-7-8-9-11-12-15(17)14-16(18)13-10-6-4-2/h15-18H,3-14H2,1-2H3. The molecule has 0 aromatic heterocycles. The van der Waals surface area contributed by atoms with Crippen molar-refractivity contribution in [2.24, 2.45) is 0 Å². The molecule has 0 saturated heterocycles. The quantitative estimate of drug-likeness (QED) is 0.342. The van der Waals surface area contributed by atoms with Crippen molar-refractivity contribution in [1.82, 2.24) is 0 Å². The zero-order valence-electron chi connectivity index (χ0n) is 12.5. The van der Waals surface area contributed by atoms with Crippen LogP contribution >= 0.6 is 12.6 Å². The van der Waals surface area contributed by atoms with Crippen LogP contribution in [-0.2, 0) is 0 Å². The van der Waals surface area contributed by atoms with Gasteiger partial charge in [0.1, 0.15) is 0 Å². The van der Waals surface area contributed by atoms with Gasteiger partial charge in [-0.1, -0.05) is 71.6 Å². The monoisotopic (exact) mass is 274 g/mol. The van der Waals surface area contributed by atoms with Gasteiger partial charge >= 0.3 is 0 Å². The predicted molar refractivity (Wildman–Crippen MR) is 85.5 cm³/mol. The Bertz CT molecular complexity index is 161. The summed E-state index contributed by atoms with van der Waals surface area (Å²) in [5, 5.41) is 10.3. The Morgan fingerprint density at radius 1 is 0.778 bits per heavy atom. The smallest absolute Gasteiger partial charge is 0.0550 e. The first kappa shape index (κ1) is 18.3. The molecule has 0 saturated carbocycles. The van der Waals surface area contributed by atoms with Crippen LogP contribution in [0.4, 0.5) is 0 Å². The maximum Gasteiger partial charge on any atom is 0.0550 e. The summed E-state index contributed by atoms with van der Waals surface area (Å²) in [6.07, 6.45) is 14.5. The van der Waals surface area contributed by atoms with Crippen molar-refractivity contribution < 1.29 is 5.11 Å². The highest BCUT2D eigenvalue weighted by atomic mass is 32.1. The minimum Gasteiger partial charge on any atom is -0.393 e. The van der Waals surface area contributed by atoms with Crippen LogP contribution in [0.2, 0.25) is 0 Å². The molecule has 0 fully saturated rings. The van der Waals surface area contributed by atoms with Crippen LogP contribution in [0, 0.1) is 0 Å². The van der Waals surface area contributed by atoms with E-state index in [0.717, 1.165) is 19.3 Å². The molecule has 110 valence electrons. The largest absolute Gasteiger partial charge is 0.393 e. The maximum absolute atomic E-state index is 9.93. The lowest BCUT2D eigenvalue weighted by atomic mass is 10.0. The average molecular weight is 275 g/mol. The number of hydrogen-bond acceptors (Lipinski definition) is 2. The molecular formula is C16H34OS. The Kier molecular flexibility index (Phi) is 14.0. The van der Waals surface area contributed by atoms with E-state index >= 15 is 0 Å². The first-order chi connectivity index (χ1) is 8.70. The van der Waals surface area contributed by atoms with Gasteiger partial charge in [0.05, 0.1) is 6.10 Å². The number of thiol groups is 1. The molecule has 0 heterocycles. The summed E-state index contributed by atoms with van der Waals surface area (Å²) in [7, 11) is 0. The maximum atomic E-state index is 9.93. The topological polar surface area (TPSA) is 20.2 Å². The van der Waals surface area contributed by atoms with Gasteiger partial charge in [-0.05, 0) is 19.3 Å². The lowest BCUT2D eigenvalue weighted by molar-refractivity contribution is 0.149. The lowest BCUT2D eigenvalue weighted by Crippen LogP contribution is -2.13. The van der Waals surface area contributed by atoms with E-state index in [2.05, 4.69) is 26.5 Å². The zero-order chi connectivity index (χ0) is 13.6. The van der Waals surface area contributed by atoms with Crippen molar-refractivity contribution in [2.75, 3.05) is 0 Å². The molecule has 0 spiro atoms. The second-order valence-electron chi connectivity index (χ2n) is 5.60. The Labute approximate surface area is 120 Å². The molecule has 0 aromatic rings. The lowest BCUT2D eigenvalue weighted by Gasteiger charge is -2.15. The average Bonchev–Trinajstić information content (AvgIpc) is 2.34. The number of rotatable bonds is 13. The fourth-order valence-electron chi connectivity index (χ4n) is 2.34. The summed E-state index contributed by atoms with van der Waals surface area (Å²) in [5.74, 6) is 0. The van der Waals surface area contributed by atoms with Crippen molar-refractivity contribution in [3.05, 3.63) is 0 Å². The van der Waals surface area contributed by atoms with Gasteiger partial charge in [0, 0.05) is 5.25 Å². The Hall–Kier alpha value is 0.310. The highest BCUT2D eigenvalue weighted by molar-refractivity contribution is 7.80. The Balaban J connectivity index is 3.32. The van der Waals surface area contributed by atoms with E-state index in [1.54, 1.807) is 0 Å². The van der Waals surface area contributed by atoms with Gasteiger partial charge in [-0.2, -0.15) is 12.6 Å². The van der Waals surface area contributed by atoms with Crippen molar-refractivity contribution in [1.29, 1.82) is 0 Å². The van der Waals surface area contributed by atoms with Crippen LogP contribution in [0.25, 0.3) is 0 Å². The normalized spacial score (nSPS) is 14.7. The SMILES string of the molecule is CCCCCCCCC(O)CC(S)CCCCC. The third-order valence-electron chi connectivity index (χ3n) is 3.58. The van der Waals surface area contributed by atoms with E-state index in [1.165, 1.54) is 57.8 Å². The molecule has 0 aliphatic rings. The number of aliphatic hydroxyl groups is 1. The van der Waals surface area contributed by atoms with E-state index in [4.69, 9.17) is 0 Å². The summed E-state index contributed by atoms with van der Waals surface area (Å²) >= 11 is 4.57. The summed E-state index contributed by atoms with van der Waals surface area (Å²) in [5.41, 5.74) is 0. The number of unbranched alkanes of at least 4 members (excludes halogenated alkanes) is 7. The summed E-state index contributed by atoms with van der Waals surface area (Å²) in [4.78, 5) is 0. The van der Waals surface area contributed by atoms with Gasteiger partial charge in [-0.3, -0.25) is 0 Å². The van der Waals surface area contributed by atoms with Crippen molar-refractivity contribution in [3.8, 4) is 0 Å². The first-order valence-corrected chi connectivity index (χ1v) is 8.58. The molecule has 0 aliphatic heterocycles. The van der Waals surface area contributed by atoms with Crippen LogP contribution in [0.3, 0.4) is 0 Å². The Morgan fingerprint density at radius 3 is 1.94 bits per heavy atom. The summed E-state index contributed by atoms with van der Waals surface area (Å²) in [6, 6.07) is 0. The molecule has 2 unspecified atom stereocenters. The molecular weight excluding hydrogens is 240 g/mol. The van der Waals surface area contributed by atoms with Gasteiger partial charge in [0.2, 0.25) is 0 Å². The van der Waals surface area contributed by atoms with Crippen LogP contribution in [0.5, 0.6) is 0 Å². The van der Waals surface area contributed by atoms with Crippen molar-refractivity contribution in [3.63, 3.8) is 0 Å². The zero-order valence-corrected chi connectivity index (χ0v) is 13.4. The molecule has 1 N–H and O–H groups in total. The second-order valence-corrected chi connectivity index (χ2v) is 6.33. The van der Waals surface area contributed by atoms with E-state index in [-0.39, 0.29) is 6.10 Å². The molecule has 2 atom stereocenters. The second kappa shape index (κ2) is 13.7. The fraction of sp³-hybridized carbons (Fsp3) is 1.00. The van der Waals surface area contributed by atoms with Crippen molar-refractivity contribution >= 4 is 12.6 Å². The van der Waals surface area contributed by atoms with Gasteiger partial charge < -0.3 is 5.11 Å². The van der Waals surface area contributed by atoms with Gasteiger partial charge in [0.15, 0.2) is 0 Å². The molecule has 0 amide bonds. The Morgan fingerprint density at radius 2 is 1.28 bits per heavy atom. The van der Waals surface area contributed by atoms with Crippen LogP contribution in [0.15, 0.2) is 0 Å². The summed E-state index contributed by atoms with van der Waals surface area (Å²) < 4.78 is 0. The highest BCUT2D eigenvalue weighted by Gasteiger charge is 2.10. The van der Waals surface area contributed by atoms with E-state index in [9.17, 15) is 5.11 Å². The van der Waals surface area contributed by atoms with Gasteiger partial charge in [-0.15, -0.1) is 0 Å². The molecule has 0 aliphatic carbocycles. The highest BCUT2D eigenvalue weighted by Crippen LogP contribution is 2.17. The van der Waals surface area contributed by atoms with E-state index < -0.39 is 0 Å². The molecule has 0 aromatic carbocycles. The molecule has 1 nitrogen and oxygen atoms in total. The first-order valence-electron chi connectivity index (χ1n) is 8.06. The number of aliphatic hydroxyl groups excluding tert-OH is 1. The van der Waals surface area contributed by atoms with Gasteiger partial charge in [0.25, 0.3) is 0 Å². The minimum atomic E-state index is -0.125. The van der Waals surface area contributed by atoms with Crippen LogP contribution in [-0.4, -0.2) is 16.5 Å². The van der Waals surface area contributed by atoms with E-state index in [0.29, 0.717) is 5.25 Å². The minimum absolute atomic E-state index is 0.125. The van der Waals surface area contributed by atoms with Crippen molar-refractivity contribution in [2.45, 2.75) is 102 Å². The molecule has 0 rings (SSSR count). The van der Waals surface area contributed by atoms with E-state index in [1.807, 2.05) is 0 Å². The molecule has 0 radical (unpaired) electrons. The predicted octanol–water partition coefficient (Wildman–Crippen LogP) is 5.37. The van der Waals surface area contributed by atoms with Gasteiger partial charge in [-0.25, -0.2) is 0 Å². The number of hydrogen-bond donors (Lipinski definition) is 2. The summed E-state index contributed by atoms with van der Waals surface area (Å²) in [6.45, 7) is 4.47. The molecule has 2 heteroatoms. The molecule has 0 bridgehead atoms. The molecule has 18 heavy (non-hydrogen) atoms. The van der Waals surface area contributed by atoms with Crippen LogP contribution in [0.1, 0.15) is 90.9 Å². The van der Waals surface area contributed by atoms with Crippen LogP contribution < -0.4 is 0 Å².